The second-order valence-electron chi connectivity index (χ2n) is 8.82. The van der Waals surface area contributed by atoms with Crippen LogP contribution < -0.4 is 11.5 Å². The smallest absolute Gasteiger partial charge is 0.258 e. The first-order chi connectivity index (χ1) is 20.3. The van der Waals surface area contributed by atoms with E-state index in [1.165, 1.54) is 36.0 Å². The molecular formula is C33H32N4O3S2W. The summed E-state index contributed by atoms with van der Waals surface area (Å²) in [5, 5.41) is 2.05. The predicted molar refractivity (Wildman–Crippen MR) is 175 cm³/mol. The van der Waals surface area contributed by atoms with Gasteiger partial charge in [-0.15, -0.1) is 22.7 Å². The van der Waals surface area contributed by atoms with Crippen LogP contribution in [0.2, 0.25) is 0 Å². The number of amides is 2. The minimum atomic E-state index is -0.393. The van der Waals surface area contributed by atoms with Crippen LogP contribution in [0.25, 0.3) is 42.4 Å². The van der Waals surface area contributed by atoms with Crippen molar-refractivity contribution in [2.24, 2.45) is 11.5 Å². The first kappa shape index (κ1) is 35.2. The molecule has 0 saturated carbocycles. The van der Waals surface area contributed by atoms with Gasteiger partial charge in [-0.2, -0.15) is 0 Å². The molecule has 6 rings (SSSR count). The molecule has 0 bridgehead atoms. The molecule has 0 saturated heterocycles. The Morgan fingerprint density at radius 3 is 1.33 bits per heavy atom. The van der Waals surface area contributed by atoms with E-state index >= 15 is 0 Å². The Balaban J connectivity index is 0.000000249. The zero-order valence-corrected chi connectivity index (χ0v) is 28.6. The van der Waals surface area contributed by atoms with E-state index in [0.29, 0.717) is 9.75 Å². The van der Waals surface area contributed by atoms with E-state index in [-0.39, 0.29) is 21.1 Å². The van der Waals surface area contributed by atoms with Gasteiger partial charge in [-0.25, -0.2) is 0 Å². The van der Waals surface area contributed by atoms with Crippen molar-refractivity contribution < 1.29 is 35.4 Å². The number of benzene rings is 2. The number of pyridine rings is 2. The van der Waals surface area contributed by atoms with Crippen molar-refractivity contribution in [3.05, 3.63) is 107 Å². The van der Waals surface area contributed by atoms with Gasteiger partial charge in [0, 0.05) is 67.8 Å². The Labute approximate surface area is 273 Å². The molecule has 0 aliphatic rings. The number of nitrogens with two attached hydrogens (primary N) is 2. The molecule has 6 aromatic rings. The van der Waals surface area contributed by atoms with Crippen LogP contribution in [0.3, 0.4) is 0 Å². The van der Waals surface area contributed by atoms with E-state index in [4.69, 9.17) is 16.3 Å². The van der Waals surface area contributed by atoms with Gasteiger partial charge in [0.25, 0.3) is 11.8 Å². The van der Waals surface area contributed by atoms with Gasteiger partial charge >= 0.3 is 0 Å². The number of thiophene rings is 2. The zero-order valence-electron chi connectivity index (χ0n) is 24.0. The van der Waals surface area contributed by atoms with Crippen molar-refractivity contribution in [1.29, 1.82) is 0 Å². The first-order valence-electron chi connectivity index (χ1n) is 13.2. The molecule has 43 heavy (non-hydrogen) atoms. The largest absolute Gasteiger partial charge is 0.365 e. The maximum absolute atomic E-state index is 11.2. The summed E-state index contributed by atoms with van der Waals surface area (Å²) in [6, 6.07) is 23.7. The molecule has 0 radical (unpaired) electrons. The van der Waals surface area contributed by atoms with Gasteiger partial charge in [-0.05, 0) is 30.2 Å². The Morgan fingerprint density at radius 1 is 0.698 bits per heavy atom. The molecule has 2 amide bonds. The molecule has 7 nitrogen and oxygen atoms in total. The van der Waals surface area contributed by atoms with Crippen LogP contribution in [0.4, 0.5) is 0 Å². The number of carbonyl (C=O) groups is 3. The molecule has 0 aliphatic heterocycles. The Morgan fingerprint density at radius 2 is 1.02 bits per heavy atom. The molecule has 220 valence electrons. The fourth-order valence-corrected chi connectivity index (χ4v) is 5.67. The van der Waals surface area contributed by atoms with Gasteiger partial charge < -0.3 is 16.3 Å². The number of primary amides is 2. The van der Waals surface area contributed by atoms with E-state index in [2.05, 4.69) is 23.8 Å². The number of nitrogens with zero attached hydrogens (tertiary/aromatic N) is 2. The average Bonchev–Trinajstić information content (AvgIpc) is 3.65. The number of aromatic nitrogens is 2. The quantitative estimate of drug-likeness (QED) is 0.177. The summed E-state index contributed by atoms with van der Waals surface area (Å²) in [7, 11) is 0. The fraction of sp³-hybridized carbons (Fsp3) is 0.121. The van der Waals surface area contributed by atoms with Gasteiger partial charge in [0.1, 0.15) is 6.29 Å². The summed E-state index contributed by atoms with van der Waals surface area (Å²) in [5.41, 5.74) is 14.9. The number of hydrogen-bond donors (Lipinski definition) is 2. The second kappa shape index (κ2) is 17.8. The van der Waals surface area contributed by atoms with Crippen LogP contribution in [-0.4, -0.2) is 28.1 Å². The third-order valence-corrected chi connectivity index (χ3v) is 7.72. The summed E-state index contributed by atoms with van der Waals surface area (Å²) in [4.78, 5) is 40.8. The fourth-order valence-electron chi connectivity index (χ4n) is 3.86. The van der Waals surface area contributed by atoms with Crippen molar-refractivity contribution in [2.75, 3.05) is 0 Å². The van der Waals surface area contributed by atoms with Gasteiger partial charge in [-0.3, -0.25) is 19.6 Å². The normalized spacial score (nSPS) is 9.65. The SMILES string of the molecule is CC=O.CCC.NC(=O)c1cc2c(-c3ccccc3)cncc2s1.NC(=O)c1cc2c(-c3ccccc3)cncc2s1.[W]. The van der Waals surface area contributed by atoms with Crippen molar-refractivity contribution >= 4 is 60.9 Å². The van der Waals surface area contributed by atoms with Gasteiger partial charge in [0.2, 0.25) is 0 Å². The van der Waals surface area contributed by atoms with Crippen molar-refractivity contribution in [2.45, 2.75) is 27.2 Å². The molecule has 2 aromatic carbocycles. The minimum absolute atomic E-state index is 0. The van der Waals surface area contributed by atoms with Gasteiger partial charge in [0.15, 0.2) is 0 Å². The third-order valence-electron chi connectivity index (χ3n) is 5.55. The molecule has 10 heteroatoms. The van der Waals surface area contributed by atoms with Crippen LogP contribution in [0.15, 0.2) is 97.6 Å². The maximum atomic E-state index is 11.2. The Bertz CT molecular complexity index is 1640. The molecule has 4 heterocycles. The van der Waals surface area contributed by atoms with Crippen LogP contribution in [0.5, 0.6) is 0 Å². The summed E-state index contributed by atoms with van der Waals surface area (Å²) in [6.07, 6.45) is 9.15. The molecule has 0 unspecified atom stereocenters. The van der Waals surface area contributed by atoms with Gasteiger partial charge in [-0.1, -0.05) is 80.9 Å². The molecular weight excluding hydrogens is 748 g/mol. The summed E-state index contributed by atoms with van der Waals surface area (Å²) < 4.78 is 1.95. The molecule has 0 atom stereocenters. The van der Waals surface area contributed by atoms with Gasteiger partial charge in [0.05, 0.1) is 19.2 Å². The van der Waals surface area contributed by atoms with E-state index in [9.17, 15) is 9.59 Å². The van der Waals surface area contributed by atoms with Crippen LogP contribution in [0, 0.1) is 0 Å². The molecule has 0 spiro atoms. The average molecular weight is 781 g/mol. The van der Waals surface area contributed by atoms with Crippen molar-refractivity contribution in [3.63, 3.8) is 0 Å². The third kappa shape index (κ3) is 9.48. The number of aldehydes is 1. The number of carbonyl (C=O) groups excluding carboxylic acids is 3. The molecule has 0 fully saturated rings. The molecule has 0 aliphatic carbocycles. The number of fused-ring (bicyclic) bond motifs is 2. The first-order valence-corrected chi connectivity index (χ1v) is 14.8. The standard InChI is InChI=1S/2C14H10N2OS.C3H8.C2H4O.W/c2*15-14(17)12-6-10-11(7-16-8-13(10)18-12)9-4-2-1-3-5-9;1-3-2;1-2-3;/h2*1-8H,(H2,15,17);3H2,1-2H3;2H,1H3;. The number of rotatable bonds is 4. The van der Waals surface area contributed by atoms with Crippen LogP contribution in [-0.2, 0) is 25.9 Å². The second-order valence-corrected chi connectivity index (χ2v) is 11.0. The Kier molecular flexibility index (Phi) is 14.6. The summed E-state index contributed by atoms with van der Waals surface area (Å²) >= 11 is 2.75. The predicted octanol–water partition coefficient (Wildman–Crippen LogP) is 7.74. The summed E-state index contributed by atoms with van der Waals surface area (Å²) in [6.45, 7) is 5.69. The van der Waals surface area contributed by atoms with Crippen molar-refractivity contribution in [1.82, 2.24) is 9.97 Å². The van der Waals surface area contributed by atoms with E-state index in [1.54, 1.807) is 12.4 Å². The van der Waals surface area contributed by atoms with E-state index in [0.717, 1.165) is 48.7 Å². The van der Waals surface area contributed by atoms with E-state index < -0.39 is 11.8 Å². The van der Waals surface area contributed by atoms with Crippen LogP contribution >= 0.6 is 22.7 Å². The molecule has 4 aromatic heterocycles. The summed E-state index contributed by atoms with van der Waals surface area (Å²) in [5.74, 6) is -0.787. The molecule has 4 N–H and O–H groups in total. The van der Waals surface area contributed by atoms with Crippen molar-refractivity contribution in [3.8, 4) is 22.3 Å². The topological polar surface area (TPSA) is 129 Å². The van der Waals surface area contributed by atoms with Crippen LogP contribution in [0.1, 0.15) is 46.5 Å². The minimum Gasteiger partial charge on any atom is -0.365 e. The Hall–Kier alpha value is -4.04. The van der Waals surface area contributed by atoms with E-state index in [1.807, 2.05) is 85.2 Å². The zero-order chi connectivity index (χ0) is 30.5. The monoisotopic (exact) mass is 780 g/mol. The maximum Gasteiger partial charge on any atom is 0.258 e. The number of hydrogen-bond acceptors (Lipinski definition) is 7.